The van der Waals surface area contributed by atoms with Crippen LogP contribution in [-0.4, -0.2) is 40.4 Å². The van der Waals surface area contributed by atoms with E-state index in [9.17, 15) is 0 Å². The normalized spacial score (nSPS) is 18.1. The Morgan fingerprint density at radius 1 is 1.35 bits per heavy atom. The van der Waals surface area contributed by atoms with E-state index < -0.39 is 0 Å². The lowest BCUT2D eigenvalue weighted by molar-refractivity contribution is 0.197. The number of rotatable bonds is 6. The van der Waals surface area contributed by atoms with Crippen LogP contribution in [0.3, 0.4) is 0 Å². The van der Waals surface area contributed by atoms with Gasteiger partial charge in [-0.2, -0.15) is 5.10 Å². The van der Waals surface area contributed by atoms with Crippen molar-refractivity contribution in [2.75, 3.05) is 19.6 Å². The maximum Gasteiger partial charge on any atom is 0.0694 e. The van der Waals surface area contributed by atoms with Gasteiger partial charge in [0.25, 0.3) is 0 Å². The molecular formula is C16H30N4. The molecule has 0 radical (unpaired) electrons. The third-order valence-corrected chi connectivity index (χ3v) is 4.19. The lowest BCUT2D eigenvalue weighted by Crippen LogP contribution is -2.42. The SMILES string of the molecule is CCCN1CCC(NCc2cn(C)nc2C(C)C)CC1. The summed E-state index contributed by atoms with van der Waals surface area (Å²) < 4.78 is 1.94. The van der Waals surface area contributed by atoms with Gasteiger partial charge in [0.2, 0.25) is 0 Å². The number of nitrogens with one attached hydrogen (secondary N) is 1. The van der Waals surface area contributed by atoms with Crippen LogP contribution in [0.1, 0.15) is 57.2 Å². The molecule has 0 saturated carbocycles. The zero-order valence-corrected chi connectivity index (χ0v) is 13.5. The van der Waals surface area contributed by atoms with Crippen LogP contribution in [-0.2, 0) is 13.6 Å². The van der Waals surface area contributed by atoms with Crippen LogP contribution in [0, 0.1) is 0 Å². The van der Waals surface area contributed by atoms with Crippen molar-refractivity contribution in [2.45, 2.75) is 58.5 Å². The summed E-state index contributed by atoms with van der Waals surface area (Å²) in [5.74, 6) is 0.499. The van der Waals surface area contributed by atoms with Crippen LogP contribution >= 0.6 is 0 Å². The highest BCUT2D eigenvalue weighted by Crippen LogP contribution is 2.18. The van der Waals surface area contributed by atoms with E-state index in [4.69, 9.17) is 0 Å². The van der Waals surface area contributed by atoms with Crippen LogP contribution in [0.4, 0.5) is 0 Å². The Hall–Kier alpha value is -0.870. The predicted octanol–water partition coefficient (Wildman–Crippen LogP) is 2.51. The van der Waals surface area contributed by atoms with Gasteiger partial charge in [0, 0.05) is 31.4 Å². The fraction of sp³-hybridized carbons (Fsp3) is 0.812. The van der Waals surface area contributed by atoms with Gasteiger partial charge in [0.15, 0.2) is 0 Å². The minimum Gasteiger partial charge on any atom is -0.310 e. The molecule has 0 aromatic carbocycles. The molecule has 1 N–H and O–H groups in total. The van der Waals surface area contributed by atoms with Gasteiger partial charge in [-0.3, -0.25) is 4.68 Å². The van der Waals surface area contributed by atoms with Gasteiger partial charge in [-0.15, -0.1) is 0 Å². The van der Waals surface area contributed by atoms with Crippen molar-refractivity contribution in [1.82, 2.24) is 20.0 Å². The van der Waals surface area contributed by atoms with Gasteiger partial charge in [-0.25, -0.2) is 0 Å². The number of hydrogen-bond donors (Lipinski definition) is 1. The zero-order valence-electron chi connectivity index (χ0n) is 13.5. The monoisotopic (exact) mass is 278 g/mol. The van der Waals surface area contributed by atoms with Gasteiger partial charge in [-0.1, -0.05) is 20.8 Å². The first kappa shape index (κ1) is 15.5. The summed E-state index contributed by atoms with van der Waals surface area (Å²) in [6, 6.07) is 0.670. The molecule has 2 heterocycles. The van der Waals surface area contributed by atoms with E-state index in [-0.39, 0.29) is 0 Å². The average molecular weight is 278 g/mol. The summed E-state index contributed by atoms with van der Waals surface area (Å²) in [5.41, 5.74) is 2.60. The molecule has 2 rings (SSSR count). The Morgan fingerprint density at radius 3 is 2.65 bits per heavy atom. The van der Waals surface area contributed by atoms with Crippen LogP contribution in [0.25, 0.3) is 0 Å². The Morgan fingerprint density at radius 2 is 2.05 bits per heavy atom. The minimum atomic E-state index is 0.499. The molecular weight excluding hydrogens is 248 g/mol. The highest BCUT2D eigenvalue weighted by atomic mass is 15.3. The van der Waals surface area contributed by atoms with E-state index in [1.54, 1.807) is 0 Å². The summed E-state index contributed by atoms with van der Waals surface area (Å²) in [6.07, 6.45) is 5.98. The van der Waals surface area contributed by atoms with E-state index in [2.05, 4.69) is 42.3 Å². The lowest BCUT2D eigenvalue weighted by Gasteiger charge is -2.32. The Kier molecular flexibility index (Phi) is 5.61. The molecule has 0 bridgehead atoms. The van der Waals surface area contributed by atoms with E-state index in [1.165, 1.54) is 50.2 Å². The van der Waals surface area contributed by atoms with Gasteiger partial charge >= 0.3 is 0 Å². The summed E-state index contributed by atoms with van der Waals surface area (Å²) in [5, 5.41) is 8.31. The van der Waals surface area contributed by atoms with E-state index in [0.29, 0.717) is 12.0 Å². The van der Waals surface area contributed by atoms with Crippen LogP contribution in [0.5, 0.6) is 0 Å². The molecule has 0 spiro atoms. The molecule has 0 aliphatic carbocycles. The molecule has 0 unspecified atom stereocenters. The molecule has 4 heteroatoms. The van der Waals surface area contributed by atoms with Crippen molar-refractivity contribution in [3.05, 3.63) is 17.5 Å². The second-order valence-electron chi connectivity index (χ2n) is 6.36. The van der Waals surface area contributed by atoms with Crippen LogP contribution < -0.4 is 5.32 Å². The molecule has 0 atom stereocenters. The maximum absolute atomic E-state index is 4.58. The Bertz CT molecular complexity index is 403. The third kappa shape index (κ3) is 4.06. The first-order valence-electron chi connectivity index (χ1n) is 8.08. The van der Waals surface area contributed by atoms with Gasteiger partial charge in [0.05, 0.1) is 5.69 Å². The predicted molar refractivity (Wildman–Crippen MR) is 83.9 cm³/mol. The number of aromatic nitrogens is 2. The van der Waals surface area contributed by atoms with Crippen LogP contribution in [0.2, 0.25) is 0 Å². The summed E-state index contributed by atoms with van der Waals surface area (Å²) in [7, 11) is 2.01. The van der Waals surface area contributed by atoms with Crippen molar-refractivity contribution in [2.24, 2.45) is 7.05 Å². The fourth-order valence-corrected chi connectivity index (χ4v) is 3.11. The molecule has 1 saturated heterocycles. The average Bonchev–Trinajstić information content (AvgIpc) is 2.80. The van der Waals surface area contributed by atoms with Crippen molar-refractivity contribution in [3.8, 4) is 0 Å². The zero-order chi connectivity index (χ0) is 14.5. The minimum absolute atomic E-state index is 0.499. The number of nitrogens with zero attached hydrogens (tertiary/aromatic N) is 3. The standard InChI is InChI=1S/C16H30N4/c1-5-8-20-9-6-15(7-10-20)17-11-14-12-19(4)18-16(14)13(2)3/h12-13,15,17H,5-11H2,1-4H3. The maximum atomic E-state index is 4.58. The van der Waals surface area contributed by atoms with Crippen molar-refractivity contribution in [3.63, 3.8) is 0 Å². The van der Waals surface area contributed by atoms with Gasteiger partial charge < -0.3 is 10.2 Å². The highest BCUT2D eigenvalue weighted by Gasteiger charge is 2.19. The second kappa shape index (κ2) is 7.23. The molecule has 1 aliphatic rings. The number of likely N-dealkylation sites (tertiary alicyclic amines) is 1. The largest absolute Gasteiger partial charge is 0.310 e. The van der Waals surface area contributed by atoms with Crippen LogP contribution in [0.15, 0.2) is 6.20 Å². The lowest BCUT2D eigenvalue weighted by atomic mass is 10.0. The molecule has 20 heavy (non-hydrogen) atoms. The van der Waals surface area contributed by atoms with Crippen molar-refractivity contribution >= 4 is 0 Å². The molecule has 1 aromatic heterocycles. The Balaban J connectivity index is 1.81. The summed E-state index contributed by atoms with van der Waals surface area (Å²) in [6.45, 7) is 11.4. The molecule has 0 amide bonds. The number of aryl methyl sites for hydroxylation is 1. The molecule has 4 nitrogen and oxygen atoms in total. The van der Waals surface area contributed by atoms with E-state index in [0.717, 1.165) is 6.54 Å². The molecule has 1 aromatic rings. The summed E-state index contributed by atoms with van der Waals surface area (Å²) >= 11 is 0. The smallest absolute Gasteiger partial charge is 0.0694 e. The van der Waals surface area contributed by atoms with Crippen molar-refractivity contribution in [1.29, 1.82) is 0 Å². The first-order valence-corrected chi connectivity index (χ1v) is 8.08. The third-order valence-electron chi connectivity index (χ3n) is 4.19. The number of piperidine rings is 1. The quantitative estimate of drug-likeness (QED) is 0.868. The molecule has 114 valence electrons. The Labute approximate surface area is 123 Å². The summed E-state index contributed by atoms with van der Waals surface area (Å²) in [4.78, 5) is 2.59. The fourth-order valence-electron chi connectivity index (χ4n) is 3.11. The molecule has 1 aliphatic heterocycles. The highest BCUT2D eigenvalue weighted by molar-refractivity contribution is 5.20. The first-order chi connectivity index (χ1) is 9.60. The van der Waals surface area contributed by atoms with E-state index >= 15 is 0 Å². The van der Waals surface area contributed by atoms with Gasteiger partial charge in [0.1, 0.15) is 0 Å². The number of hydrogen-bond acceptors (Lipinski definition) is 3. The molecule has 1 fully saturated rings. The van der Waals surface area contributed by atoms with Crippen molar-refractivity contribution < 1.29 is 0 Å². The van der Waals surface area contributed by atoms with Gasteiger partial charge in [-0.05, 0) is 44.8 Å². The van der Waals surface area contributed by atoms with E-state index in [1.807, 2.05) is 11.7 Å². The second-order valence-corrected chi connectivity index (χ2v) is 6.36. The topological polar surface area (TPSA) is 33.1 Å².